The molecule has 0 aliphatic rings. The standard InChI is InChI=1S/C24H19Cl2N3O2S/c1-2-15-7-10-17(11-8-15)29-23(31)18-5-3-4-6-21(18)28-24(29)32-14-22(30)27-16-9-12-19(25)20(26)13-16/h3-13H,2,14H2,1H3,(H,27,30). The molecule has 1 N–H and O–H groups in total. The summed E-state index contributed by atoms with van der Waals surface area (Å²) in [6, 6.07) is 19.9. The Morgan fingerprint density at radius 2 is 1.78 bits per heavy atom. The molecule has 1 amide bonds. The topological polar surface area (TPSA) is 64.0 Å². The predicted octanol–water partition coefficient (Wildman–Crippen LogP) is 5.99. The van der Waals surface area contributed by atoms with Crippen LogP contribution >= 0.6 is 35.0 Å². The van der Waals surface area contributed by atoms with Crippen molar-refractivity contribution >= 4 is 57.5 Å². The zero-order valence-corrected chi connectivity index (χ0v) is 19.5. The number of anilines is 1. The largest absolute Gasteiger partial charge is 0.325 e. The lowest BCUT2D eigenvalue weighted by Gasteiger charge is -2.14. The van der Waals surface area contributed by atoms with Crippen molar-refractivity contribution in [3.8, 4) is 5.69 Å². The van der Waals surface area contributed by atoms with Crippen LogP contribution in [0, 0.1) is 0 Å². The van der Waals surface area contributed by atoms with Crippen molar-refractivity contribution in [2.75, 3.05) is 11.1 Å². The van der Waals surface area contributed by atoms with Crippen LogP contribution in [0.15, 0.2) is 76.7 Å². The average molecular weight is 484 g/mol. The highest BCUT2D eigenvalue weighted by atomic mass is 35.5. The van der Waals surface area contributed by atoms with Gasteiger partial charge in [-0.2, -0.15) is 0 Å². The number of carbonyl (C=O) groups excluding carboxylic acids is 1. The third-order valence-corrected chi connectivity index (χ3v) is 6.56. The van der Waals surface area contributed by atoms with Gasteiger partial charge in [0, 0.05) is 5.69 Å². The SMILES string of the molecule is CCc1ccc(-n2c(SCC(=O)Nc3ccc(Cl)c(Cl)c3)nc3ccccc3c2=O)cc1. The van der Waals surface area contributed by atoms with Crippen LogP contribution in [0.1, 0.15) is 12.5 Å². The van der Waals surface area contributed by atoms with Gasteiger partial charge in [-0.1, -0.05) is 66.2 Å². The smallest absolute Gasteiger partial charge is 0.266 e. The zero-order chi connectivity index (χ0) is 22.7. The minimum absolute atomic E-state index is 0.0675. The fourth-order valence-electron chi connectivity index (χ4n) is 3.22. The second kappa shape index (κ2) is 9.77. The number of amides is 1. The van der Waals surface area contributed by atoms with Crippen molar-refractivity contribution in [1.82, 2.24) is 9.55 Å². The predicted molar refractivity (Wildman–Crippen MR) is 133 cm³/mol. The van der Waals surface area contributed by atoms with Crippen LogP contribution in [0.25, 0.3) is 16.6 Å². The molecule has 4 aromatic rings. The van der Waals surface area contributed by atoms with E-state index >= 15 is 0 Å². The minimum atomic E-state index is -0.247. The van der Waals surface area contributed by atoms with Crippen LogP contribution in [-0.2, 0) is 11.2 Å². The summed E-state index contributed by atoms with van der Waals surface area (Å²) in [6.07, 6.45) is 0.904. The number of nitrogens with zero attached hydrogens (tertiary/aromatic N) is 2. The second-order valence-electron chi connectivity index (χ2n) is 7.04. The maximum Gasteiger partial charge on any atom is 0.266 e. The monoisotopic (exact) mass is 483 g/mol. The van der Waals surface area contributed by atoms with E-state index in [9.17, 15) is 9.59 Å². The van der Waals surface area contributed by atoms with Gasteiger partial charge in [-0.25, -0.2) is 4.98 Å². The number of hydrogen-bond donors (Lipinski definition) is 1. The highest BCUT2D eigenvalue weighted by molar-refractivity contribution is 7.99. The molecule has 0 saturated carbocycles. The lowest BCUT2D eigenvalue weighted by atomic mass is 10.1. The molecule has 8 heteroatoms. The van der Waals surface area contributed by atoms with Crippen molar-refractivity contribution in [2.45, 2.75) is 18.5 Å². The summed E-state index contributed by atoms with van der Waals surface area (Å²) in [5, 5.41) is 4.53. The van der Waals surface area contributed by atoms with E-state index in [1.165, 1.54) is 17.3 Å². The first kappa shape index (κ1) is 22.4. The van der Waals surface area contributed by atoms with Crippen LogP contribution in [0.2, 0.25) is 10.0 Å². The molecule has 0 bridgehead atoms. The van der Waals surface area contributed by atoms with E-state index in [0.29, 0.717) is 37.5 Å². The molecule has 0 fully saturated rings. The van der Waals surface area contributed by atoms with E-state index in [-0.39, 0.29) is 17.2 Å². The number of carbonyl (C=O) groups is 1. The number of para-hydroxylation sites is 1. The third-order valence-electron chi connectivity index (χ3n) is 4.88. The minimum Gasteiger partial charge on any atom is -0.325 e. The van der Waals surface area contributed by atoms with Crippen LogP contribution in [0.5, 0.6) is 0 Å². The normalized spacial score (nSPS) is 11.0. The number of aryl methyl sites for hydroxylation is 1. The molecule has 0 atom stereocenters. The van der Waals surface area contributed by atoms with Crippen molar-refractivity contribution in [3.63, 3.8) is 0 Å². The number of benzene rings is 3. The number of thioether (sulfide) groups is 1. The zero-order valence-electron chi connectivity index (χ0n) is 17.1. The van der Waals surface area contributed by atoms with Crippen molar-refractivity contribution in [1.29, 1.82) is 0 Å². The Labute approximate surface area is 199 Å². The molecule has 5 nitrogen and oxygen atoms in total. The number of rotatable bonds is 6. The quantitative estimate of drug-likeness (QED) is 0.270. The van der Waals surface area contributed by atoms with Gasteiger partial charge in [-0.05, 0) is 54.4 Å². The molecular weight excluding hydrogens is 465 g/mol. The van der Waals surface area contributed by atoms with Crippen molar-refractivity contribution in [3.05, 3.63) is 92.7 Å². The van der Waals surface area contributed by atoms with E-state index in [2.05, 4.69) is 17.2 Å². The lowest BCUT2D eigenvalue weighted by molar-refractivity contribution is -0.113. The molecule has 0 aliphatic heterocycles. The Balaban J connectivity index is 1.65. The lowest BCUT2D eigenvalue weighted by Crippen LogP contribution is -2.23. The number of nitrogens with one attached hydrogen (secondary N) is 1. The Morgan fingerprint density at radius 3 is 2.50 bits per heavy atom. The van der Waals surface area contributed by atoms with Crippen LogP contribution in [0.4, 0.5) is 5.69 Å². The average Bonchev–Trinajstić information content (AvgIpc) is 2.80. The molecule has 0 spiro atoms. The molecule has 1 aromatic heterocycles. The Kier molecular flexibility index (Phi) is 6.84. The highest BCUT2D eigenvalue weighted by Gasteiger charge is 2.15. The molecule has 162 valence electrons. The van der Waals surface area contributed by atoms with Crippen molar-refractivity contribution in [2.24, 2.45) is 0 Å². The van der Waals surface area contributed by atoms with Gasteiger partial charge in [0.05, 0.1) is 32.4 Å². The Bertz CT molecular complexity index is 1350. The number of fused-ring (bicyclic) bond motifs is 1. The highest BCUT2D eigenvalue weighted by Crippen LogP contribution is 2.26. The van der Waals surface area contributed by atoms with Crippen LogP contribution in [-0.4, -0.2) is 21.2 Å². The molecular formula is C24H19Cl2N3O2S. The summed E-state index contributed by atoms with van der Waals surface area (Å²) in [4.78, 5) is 30.5. The molecule has 0 unspecified atom stereocenters. The van der Waals surface area contributed by atoms with Crippen LogP contribution < -0.4 is 10.9 Å². The first-order valence-electron chi connectivity index (χ1n) is 9.95. The summed E-state index contributed by atoms with van der Waals surface area (Å²) in [7, 11) is 0. The van der Waals surface area contributed by atoms with Gasteiger partial charge in [0.2, 0.25) is 5.91 Å². The van der Waals surface area contributed by atoms with Crippen molar-refractivity contribution < 1.29 is 4.79 Å². The molecule has 4 rings (SSSR count). The van der Waals surface area contributed by atoms with E-state index in [1.54, 1.807) is 34.9 Å². The molecule has 0 saturated heterocycles. The van der Waals surface area contributed by atoms with E-state index < -0.39 is 0 Å². The van der Waals surface area contributed by atoms with Gasteiger partial charge in [-0.15, -0.1) is 0 Å². The number of aromatic nitrogens is 2. The van der Waals surface area contributed by atoms with Gasteiger partial charge in [0.1, 0.15) is 0 Å². The van der Waals surface area contributed by atoms with Gasteiger partial charge in [0.25, 0.3) is 5.56 Å². The summed E-state index contributed by atoms with van der Waals surface area (Å²) in [5.74, 6) is -0.179. The second-order valence-corrected chi connectivity index (χ2v) is 8.79. The third kappa shape index (κ3) is 4.83. The van der Waals surface area contributed by atoms with E-state index in [1.807, 2.05) is 36.4 Å². The van der Waals surface area contributed by atoms with Crippen LogP contribution in [0.3, 0.4) is 0 Å². The van der Waals surface area contributed by atoms with Gasteiger partial charge >= 0.3 is 0 Å². The molecule has 1 heterocycles. The maximum atomic E-state index is 13.3. The summed E-state index contributed by atoms with van der Waals surface area (Å²) in [5.41, 5.74) is 2.84. The van der Waals surface area contributed by atoms with Gasteiger partial charge < -0.3 is 5.32 Å². The molecule has 0 aliphatic carbocycles. The number of halogens is 2. The fourth-order valence-corrected chi connectivity index (χ4v) is 4.33. The van der Waals surface area contributed by atoms with E-state index in [4.69, 9.17) is 23.2 Å². The summed E-state index contributed by atoms with van der Waals surface area (Å²) in [6.45, 7) is 2.08. The van der Waals surface area contributed by atoms with E-state index in [0.717, 1.165) is 6.42 Å². The number of hydrogen-bond acceptors (Lipinski definition) is 4. The summed E-state index contributed by atoms with van der Waals surface area (Å²) < 4.78 is 1.55. The Morgan fingerprint density at radius 1 is 1.03 bits per heavy atom. The summed E-state index contributed by atoms with van der Waals surface area (Å²) >= 11 is 13.1. The molecule has 32 heavy (non-hydrogen) atoms. The van der Waals surface area contributed by atoms with Gasteiger partial charge in [-0.3, -0.25) is 14.2 Å². The Hall–Kier alpha value is -2.80. The molecule has 3 aromatic carbocycles. The van der Waals surface area contributed by atoms with Gasteiger partial charge in [0.15, 0.2) is 5.16 Å². The maximum absolute atomic E-state index is 13.3. The first-order valence-corrected chi connectivity index (χ1v) is 11.7. The fraction of sp³-hybridized carbons (Fsp3) is 0.125. The molecule has 0 radical (unpaired) electrons. The first-order chi connectivity index (χ1) is 15.5.